The number of hydrogen-bond acceptors (Lipinski definition) is 5. The van der Waals surface area contributed by atoms with E-state index in [1.807, 2.05) is 29.8 Å². The highest BCUT2D eigenvalue weighted by Gasteiger charge is 2.11. The number of carbonyl (C=O) groups is 1. The van der Waals surface area contributed by atoms with Gasteiger partial charge in [-0.2, -0.15) is 0 Å². The van der Waals surface area contributed by atoms with Gasteiger partial charge in [0.2, 0.25) is 0 Å². The molecule has 7 nitrogen and oxygen atoms in total. The first kappa shape index (κ1) is 16.0. The fourth-order valence-electron chi connectivity index (χ4n) is 2.78. The van der Waals surface area contributed by atoms with Crippen molar-refractivity contribution in [3.63, 3.8) is 0 Å². The van der Waals surface area contributed by atoms with Gasteiger partial charge >= 0.3 is 0 Å². The third kappa shape index (κ3) is 3.32. The molecule has 0 bridgehead atoms. The van der Waals surface area contributed by atoms with Crippen LogP contribution in [-0.4, -0.2) is 25.6 Å². The number of benzene rings is 1. The van der Waals surface area contributed by atoms with Crippen molar-refractivity contribution in [2.45, 2.75) is 20.0 Å². The maximum Gasteiger partial charge on any atom is 0.257 e. The summed E-state index contributed by atoms with van der Waals surface area (Å²) >= 11 is 0. The number of nitrogens with zero attached hydrogens (tertiary/aromatic N) is 4. The van der Waals surface area contributed by atoms with Gasteiger partial charge in [-0.25, -0.2) is 9.97 Å². The second kappa shape index (κ2) is 6.79. The van der Waals surface area contributed by atoms with Gasteiger partial charge in [-0.05, 0) is 24.1 Å². The van der Waals surface area contributed by atoms with E-state index < -0.39 is 0 Å². The number of aromatic nitrogens is 4. The standard InChI is InChI=1S/C19H17N5O2/c1-13-17-8-16(10-22-19(17)26-23-13)18(25)21-9-14-3-2-4-15(7-14)11-24-6-5-20-12-24/h2-8,10,12H,9,11H2,1H3,(H,21,25). The Bertz CT molecular complexity index is 1050. The molecule has 0 aliphatic rings. The molecule has 0 spiro atoms. The first-order valence-corrected chi connectivity index (χ1v) is 8.23. The van der Waals surface area contributed by atoms with Crippen LogP contribution in [-0.2, 0) is 13.1 Å². The molecule has 0 fully saturated rings. The molecule has 4 rings (SSSR count). The van der Waals surface area contributed by atoms with E-state index in [0.29, 0.717) is 23.5 Å². The van der Waals surface area contributed by atoms with Crippen LogP contribution in [0.5, 0.6) is 0 Å². The van der Waals surface area contributed by atoms with Gasteiger partial charge in [0.25, 0.3) is 11.6 Å². The molecule has 0 aliphatic carbocycles. The molecule has 0 saturated carbocycles. The lowest BCUT2D eigenvalue weighted by atomic mass is 10.1. The van der Waals surface area contributed by atoms with E-state index in [4.69, 9.17) is 4.52 Å². The van der Waals surface area contributed by atoms with Crippen LogP contribution < -0.4 is 5.32 Å². The zero-order chi connectivity index (χ0) is 17.9. The van der Waals surface area contributed by atoms with Gasteiger partial charge in [0, 0.05) is 31.7 Å². The number of rotatable bonds is 5. The maximum atomic E-state index is 12.4. The maximum absolute atomic E-state index is 12.4. The second-order valence-corrected chi connectivity index (χ2v) is 6.08. The van der Waals surface area contributed by atoms with Gasteiger partial charge in [-0.15, -0.1) is 0 Å². The van der Waals surface area contributed by atoms with E-state index in [1.165, 1.54) is 6.20 Å². The van der Waals surface area contributed by atoms with Gasteiger partial charge in [-0.3, -0.25) is 4.79 Å². The van der Waals surface area contributed by atoms with E-state index in [9.17, 15) is 4.79 Å². The predicted octanol–water partition coefficient (Wildman–Crippen LogP) is 2.71. The van der Waals surface area contributed by atoms with E-state index in [1.54, 1.807) is 18.6 Å². The second-order valence-electron chi connectivity index (χ2n) is 6.08. The van der Waals surface area contributed by atoms with Gasteiger partial charge in [-0.1, -0.05) is 29.4 Å². The van der Waals surface area contributed by atoms with Gasteiger partial charge < -0.3 is 14.4 Å². The predicted molar refractivity (Wildman–Crippen MR) is 95.5 cm³/mol. The van der Waals surface area contributed by atoms with Crippen molar-refractivity contribution >= 4 is 17.0 Å². The molecule has 1 N–H and O–H groups in total. The SMILES string of the molecule is Cc1noc2ncc(C(=O)NCc3cccc(Cn4ccnc4)c3)cc12. The largest absolute Gasteiger partial charge is 0.348 e. The molecule has 130 valence electrons. The van der Waals surface area contributed by atoms with Gasteiger partial charge in [0.15, 0.2) is 0 Å². The fourth-order valence-corrected chi connectivity index (χ4v) is 2.78. The van der Waals surface area contributed by atoms with Crippen molar-refractivity contribution in [1.82, 2.24) is 25.0 Å². The Balaban J connectivity index is 1.44. The average Bonchev–Trinajstić information content (AvgIpc) is 3.30. The topological polar surface area (TPSA) is 85.8 Å². The lowest BCUT2D eigenvalue weighted by molar-refractivity contribution is 0.0950. The van der Waals surface area contributed by atoms with Crippen LogP contribution >= 0.6 is 0 Å². The zero-order valence-electron chi connectivity index (χ0n) is 14.2. The molecule has 0 aliphatic heterocycles. The number of hydrogen-bond donors (Lipinski definition) is 1. The zero-order valence-corrected chi connectivity index (χ0v) is 14.2. The van der Waals surface area contributed by atoms with E-state index in [-0.39, 0.29) is 5.91 Å². The van der Waals surface area contributed by atoms with Crippen LogP contribution in [0.4, 0.5) is 0 Å². The number of imidazole rings is 1. The third-order valence-electron chi connectivity index (χ3n) is 4.14. The van der Waals surface area contributed by atoms with Crippen molar-refractivity contribution in [3.05, 3.63) is 77.6 Å². The summed E-state index contributed by atoms with van der Waals surface area (Å²) in [4.78, 5) is 20.6. The van der Waals surface area contributed by atoms with Crippen LogP contribution in [0.15, 0.2) is 59.8 Å². The normalized spacial score (nSPS) is 11.0. The van der Waals surface area contributed by atoms with Crippen molar-refractivity contribution in [2.75, 3.05) is 0 Å². The number of nitrogens with one attached hydrogen (secondary N) is 1. The summed E-state index contributed by atoms with van der Waals surface area (Å²) in [6.45, 7) is 3.01. The summed E-state index contributed by atoms with van der Waals surface area (Å²) in [7, 11) is 0. The van der Waals surface area contributed by atoms with Crippen LogP contribution in [0.1, 0.15) is 27.2 Å². The molecule has 0 radical (unpaired) electrons. The summed E-state index contributed by atoms with van der Waals surface area (Å²) in [6, 6.07) is 9.85. The molecule has 7 heteroatoms. The minimum atomic E-state index is -0.181. The number of amides is 1. The highest BCUT2D eigenvalue weighted by molar-refractivity contribution is 5.96. The third-order valence-corrected chi connectivity index (χ3v) is 4.14. The Hall–Kier alpha value is -3.48. The lowest BCUT2D eigenvalue weighted by Crippen LogP contribution is -2.23. The van der Waals surface area contributed by atoms with Gasteiger partial charge in [0.05, 0.1) is 23.0 Å². The van der Waals surface area contributed by atoms with Crippen LogP contribution in [0.2, 0.25) is 0 Å². The minimum absolute atomic E-state index is 0.181. The smallest absolute Gasteiger partial charge is 0.257 e. The lowest BCUT2D eigenvalue weighted by Gasteiger charge is -2.08. The van der Waals surface area contributed by atoms with E-state index >= 15 is 0 Å². The summed E-state index contributed by atoms with van der Waals surface area (Å²) in [5.74, 6) is -0.181. The fraction of sp³-hybridized carbons (Fsp3) is 0.158. The van der Waals surface area contributed by atoms with Crippen molar-refractivity contribution < 1.29 is 9.32 Å². The van der Waals surface area contributed by atoms with E-state index in [0.717, 1.165) is 23.1 Å². The number of carbonyl (C=O) groups excluding carboxylic acids is 1. The summed E-state index contributed by atoms with van der Waals surface area (Å²) < 4.78 is 7.07. The quantitative estimate of drug-likeness (QED) is 0.600. The summed E-state index contributed by atoms with van der Waals surface area (Å²) in [5, 5.41) is 7.53. The Morgan fingerprint density at radius 3 is 3.00 bits per heavy atom. The average molecular weight is 347 g/mol. The monoisotopic (exact) mass is 347 g/mol. The first-order valence-electron chi connectivity index (χ1n) is 8.23. The Morgan fingerprint density at radius 1 is 1.27 bits per heavy atom. The number of pyridine rings is 1. The molecule has 3 aromatic heterocycles. The summed E-state index contributed by atoms with van der Waals surface area (Å²) in [6.07, 6.45) is 6.96. The Labute approximate surface area is 149 Å². The molecule has 0 atom stereocenters. The van der Waals surface area contributed by atoms with Crippen LogP contribution in [0.3, 0.4) is 0 Å². The molecule has 0 unspecified atom stereocenters. The van der Waals surface area contributed by atoms with E-state index in [2.05, 4.69) is 32.6 Å². The van der Waals surface area contributed by atoms with Crippen molar-refractivity contribution in [1.29, 1.82) is 0 Å². The molecular weight excluding hydrogens is 330 g/mol. The van der Waals surface area contributed by atoms with Crippen molar-refractivity contribution in [2.24, 2.45) is 0 Å². The number of aryl methyl sites for hydroxylation is 1. The highest BCUT2D eigenvalue weighted by Crippen LogP contribution is 2.16. The molecule has 4 aromatic rings. The van der Waals surface area contributed by atoms with Crippen LogP contribution in [0, 0.1) is 6.92 Å². The Morgan fingerprint density at radius 2 is 2.15 bits per heavy atom. The summed E-state index contributed by atoms with van der Waals surface area (Å²) in [5.41, 5.74) is 3.82. The molecule has 1 aromatic carbocycles. The van der Waals surface area contributed by atoms with Gasteiger partial charge in [0.1, 0.15) is 0 Å². The first-order chi connectivity index (χ1) is 12.7. The minimum Gasteiger partial charge on any atom is -0.348 e. The number of fused-ring (bicyclic) bond motifs is 1. The van der Waals surface area contributed by atoms with Crippen molar-refractivity contribution in [3.8, 4) is 0 Å². The highest BCUT2D eigenvalue weighted by atomic mass is 16.5. The Kier molecular flexibility index (Phi) is 4.18. The molecule has 0 saturated heterocycles. The molecule has 26 heavy (non-hydrogen) atoms. The molecular formula is C19H17N5O2. The van der Waals surface area contributed by atoms with Crippen LogP contribution in [0.25, 0.3) is 11.1 Å². The molecule has 3 heterocycles. The molecule has 1 amide bonds.